The summed E-state index contributed by atoms with van der Waals surface area (Å²) in [5, 5.41) is 8.68. The van der Waals surface area contributed by atoms with Gasteiger partial charge in [-0.05, 0) is 42.7 Å². The zero-order chi connectivity index (χ0) is 27.9. The van der Waals surface area contributed by atoms with Crippen LogP contribution in [0.25, 0.3) is 11.3 Å². The minimum absolute atomic E-state index is 0.0909. The van der Waals surface area contributed by atoms with Crippen molar-refractivity contribution >= 4 is 41.0 Å². The average molecular weight is 570 g/mol. The van der Waals surface area contributed by atoms with E-state index in [0.717, 1.165) is 5.56 Å². The van der Waals surface area contributed by atoms with Crippen molar-refractivity contribution in [3.05, 3.63) is 105 Å². The molecule has 1 heterocycles. The van der Waals surface area contributed by atoms with E-state index in [1.165, 1.54) is 7.11 Å². The van der Waals surface area contributed by atoms with Crippen LogP contribution < -0.4 is 16.0 Å². The van der Waals surface area contributed by atoms with E-state index in [1.54, 1.807) is 43.3 Å². The Bertz CT molecular complexity index is 1460. The summed E-state index contributed by atoms with van der Waals surface area (Å²) in [5.41, 5.74) is 3.33. The lowest BCUT2D eigenvalue weighted by molar-refractivity contribution is 0.187. The lowest BCUT2D eigenvalue weighted by Gasteiger charge is -2.18. The molecule has 202 valence electrons. The number of anilines is 1. The molecule has 3 aromatic carbocycles. The molecule has 0 aliphatic heterocycles. The lowest BCUT2D eigenvalue weighted by atomic mass is 10.1. The monoisotopic (exact) mass is 569 g/mol. The SMILES string of the molecule is COC(=O)Nc1ccc(-c2nc([C@H](Cc3ccccc3)NC(=O)NCc3c(Cl)ccc(C)c3F)[nH]c2Cl)cc1. The Morgan fingerprint density at radius 2 is 1.77 bits per heavy atom. The Balaban J connectivity index is 1.54. The maximum atomic E-state index is 14.5. The van der Waals surface area contributed by atoms with Crippen molar-refractivity contribution < 1.29 is 18.7 Å². The van der Waals surface area contributed by atoms with Crippen LogP contribution in [0.1, 0.15) is 28.6 Å². The Kier molecular flexibility index (Phi) is 9.06. The number of aryl methyl sites for hydroxylation is 1. The molecule has 1 aromatic heterocycles. The number of nitrogens with one attached hydrogen (secondary N) is 4. The molecule has 3 amide bonds. The normalized spacial score (nSPS) is 11.5. The zero-order valence-electron chi connectivity index (χ0n) is 21.1. The van der Waals surface area contributed by atoms with Crippen LogP contribution in [0.5, 0.6) is 0 Å². The predicted molar refractivity (Wildman–Crippen MR) is 149 cm³/mol. The molecule has 39 heavy (non-hydrogen) atoms. The molecule has 1 atom stereocenters. The quantitative estimate of drug-likeness (QED) is 0.187. The van der Waals surface area contributed by atoms with Crippen molar-refractivity contribution in [2.75, 3.05) is 12.4 Å². The number of benzene rings is 3. The molecule has 0 aliphatic rings. The van der Waals surface area contributed by atoms with E-state index >= 15 is 0 Å². The summed E-state index contributed by atoms with van der Waals surface area (Å²) in [6, 6.07) is 18.5. The molecule has 4 aromatic rings. The Labute approximate surface area is 234 Å². The fourth-order valence-corrected chi connectivity index (χ4v) is 4.39. The first kappa shape index (κ1) is 27.9. The third-order valence-electron chi connectivity index (χ3n) is 5.99. The molecular weight excluding hydrogens is 544 g/mol. The van der Waals surface area contributed by atoms with Crippen molar-refractivity contribution in [2.45, 2.75) is 25.9 Å². The molecule has 0 unspecified atom stereocenters. The van der Waals surface area contributed by atoms with Gasteiger partial charge in [0.25, 0.3) is 0 Å². The van der Waals surface area contributed by atoms with Gasteiger partial charge in [-0.15, -0.1) is 0 Å². The second-order valence-electron chi connectivity index (χ2n) is 8.70. The van der Waals surface area contributed by atoms with Gasteiger partial charge in [-0.2, -0.15) is 0 Å². The number of hydrogen-bond acceptors (Lipinski definition) is 4. The molecule has 0 saturated carbocycles. The third-order valence-corrected chi connectivity index (χ3v) is 6.62. The van der Waals surface area contributed by atoms with Crippen LogP contribution >= 0.6 is 23.2 Å². The molecule has 4 rings (SSSR count). The maximum Gasteiger partial charge on any atom is 0.411 e. The number of imidazole rings is 1. The fourth-order valence-electron chi connectivity index (χ4n) is 3.93. The summed E-state index contributed by atoms with van der Waals surface area (Å²) in [5.74, 6) is -0.0237. The first-order valence-corrected chi connectivity index (χ1v) is 12.7. The van der Waals surface area contributed by atoms with Crippen LogP contribution in [0.15, 0.2) is 66.7 Å². The summed E-state index contributed by atoms with van der Waals surface area (Å²) in [7, 11) is 1.28. The highest BCUT2D eigenvalue weighted by Gasteiger charge is 2.22. The van der Waals surface area contributed by atoms with Crippen LogP contribution in [0.3, 0.4) is 0 Å². The minimum atomic E-state index is -0.586. The number of methoxy groups -OCH3 is 1. The zero-order valence-corrected chi connectivity index (χ0v) is 22.7. The van der Waals surface area contributed by atoms with Gasteiger partial charge in [0.15, 0.2) is 0 Å². The van der Waals surface area contributed by atoms with Crippen LogP contribution in [0, 0.1) is 12.7 Å². The topological polar surface area (TPSA) is 108 Å². The van der Waals surface area contributed by atoms with Gasteiger partial charge < -0.3 is 20.4 Å². The lowest BCUT2D eigenvalue weighted by Crippen LogP contribution is -2.39. The first-order chi connectivity index (χ1) is 18.7. The second-order valence-corrected chi connectivity index (χ2v) is 9.49. The number of carbonyl (C=O) groups is 2. The maximum absolute atomic E-state index is 14.5. The highest BCUT2D eigenvalue weighted by atomic mass is 35.5. The van der Waals surface area contributed by atoms with Gasteiger partial charge in [0.05, 0.1) is 13.2 Å². The number of amides is 3. The number of halogens is 3. The molecule has 0 spiro atoms. The van der Waals surface area contributed by atoms with E-state index in [2.05, 4.69) is 30.7 Å². The standard InChI is InChI=1S/C28H26Cl2FN5O3/c1-16-8-13-21(29)20(23(16)31)15-32-27(37)34-22(14-17-6-4-3-5-7-17)26-35-24(25(30)36-26)18-9-11-19(12-10-18)33-28(38)39-2/h3-13,22H,14-15H2,1-2H3,(H,33,38)(H,35,36)(H2,32,34,37)/t22-/m0/s1. The van der Waals surface area contributed by atoms with E-state index < -0.39 is 24.0 Å². The van der Waals surface area contributed by atoms with Crippen molar-refractivity contribution in [1.82, 2.24) is 20.6 Å². The third kappa shape index (κ3) is 7.07. The Morgan fingerprint density at radius 3 is 2.46 bits per heavy atom. The van der Waals surface area contributed by atoms with Crippen molar-refractivity contribution in [2.24, 2.45) is 0 Å². The van der Waals surface area contributed by atoms with E-state index in [4.69, 9.17) is 23.2 Å². The number of aromatic nitrogens is 2. The second kappa shape index (κ2) is 12.6. The van der Waals surface area contributed by atoms with Gasteiger partial charge in [0.1, 0.15) is 22.5 Å². The van der Waals surface area contributed by atoms with Gasteiger partial charge in [0.2, 0.25) is 0 Å². The summed E-state index contributed by atoms with van der Waals surface area (Å²) >= 11 is 12.7. The summed E-state index contributed by atoms with van der Waals surface area (Å²) in [4.78, 5) is 32.1. The van der Waals surface area contributed by atoms with Gasteiger partial charge >= 0.3 is 12.1 Å². The fraction of sp³-hybridized carbons (Fsp3) is 0.179. The summed E-state index contributed by atoms with van der Waals surface area (Å²) < 4.78 is 19.1. The number of urea groups is 1. The van der Waals surface area contributed by atoms with Crippen molar-refractivity contribution in [3.8, 4) is 11.3 Å². The molecule has 0 aliphatic carbocycles. The van der Waals surface area contributed by atoms with Gasteiger partial charge in [0, 0.05) is 28.4 Å². The van der Waals surface area contributed by atoms with E-state index in [0.29, 0.717) is 34.8 Å². The molecule has 0 fully saturated rings. The van der Waals surface area contributed by atoms with Gasteiger partial charge in [-0.1, -0.05) is 71.7 Å². The smallest absolute Gasteiger partial charge is 0.411 e. The number of nitrogens with zero attached hydrogens (tertiary/aromatic N) is 1. The van der Waals surface area contributed by atoms with Crippen LogP contribution in [0.2, 0.25) is 10.2 Å². The summed E-state index contributed by atoms with van der Waals surface area (Å²) in [6.07, 6.45) is -0.164. The average Bonchev–Trinajstić information content (AvgIpc) is 3.33. The van der Waals surface area contributed by atoms with Crippen molar-refractivity contribution in [3.63, 3.8) is 0 Å². The summed E-state index contributed by atoms with van der Waals surface area (Å²) in [6.45, 7) is 1.54. The van der Waals surface area contributed by atoms with E-state index in [9.17, 15) is 14.0 Å². The molecule has 8 nitrogen and oxygen atoms in total. The molecular formula is C28H26Cl2FN5O3. The predicted octanol–water partition coefficient (Wildman–Crippen LogP) is 6.79. The number of H-pyrrole nitrogens is 1. The number of hydrogen-bond donors (Lipinski definition) is 4. The molecule has 4 N–H and O–H groups in total. The van der Waals surface area contributed by atoms with Gasteiger partial charge in [-0.3, -0.25) is 5.32 Å². The van der Waals surface area contributed by atoms with Crippen molar-refractivity contribution in [1.29, 1.82) is 0 Å². The largest absolute Gasteiger partial charge is 0.453 e. The molecule has 0 radical (unpaired) electrons. The minimum Gasteiger partial charge on any atom is -0.453 e. The highest BCUT2D eigenvalue weighted by molar-refractivity contribution is 6.32. The van der Waals surface area contributed by atoms with E-state index in [-0.39, 0.29) is 22.3 Å². The number of ether oxygens (including phenoxy) is 1. The van der Waals surface area contributed by atoms with Crippen LogP contribution in [-0.4, -0.2) is 29.2 Å². The number of carbonyl (C=O) groups excluding carboxylic acids is 2. The van der Waals surface area contributed by atoms with Crippen LogP contribution in [0.4, 0.5) is 19.7 Å². The number of rotatable bonds is 8. The first-order valence-electron chi connectivity index (χ1n) is 12.0. The number of aromatic amines is 1. The van der Waals surface area contributed by atoms with Crippen LogP contribution in [-0.2, 0) is 17.7 Å². The molecule has 0 saturated heterocycles. The Morgan fingerprint density at radius 1 is 1.05 bits per heavy atom. The Hall–Kier alpha value is -4.08. The highest BCUT2D eigenvalue weighted by Crippen LogP contribution is 2.29. The molecule has 0 bridgehead atoms. The van der Waals surface area contributed by atoms with Gasteiger partial charge in [-0.25, -0.2) is 19.0 Å². The van der Waals surface area contributed by atoms with E-state index in [1.807, 2.05) is 30.3 Å². The molecule has 11 heteroatoms.